The molecule has 1 aliphatic rings. The molecule has 2 rings (SSSR count). The number of benzene rings is 1. The number of hydrogen-bond acceptors (Lipinski definition) is 2. The fourth-order valence-corrected chi connectivity index (χ4v) is 2.79. The van der Waals surface area contributed by atoms with Gasteiger partial charge in [0, 0.05) is 16.1 Å². The first-order valence-corrected chi connectivity index (χ1v) is 6.34. The third kappa shape index (κ3) is 4.01. The molecule has 1 saturated heterocycles. The summed E-state index contributed by atoms with van der Waals surface area (Å²) in [6, 6.07) is 5.61. The van der Waals surface area contributed by atoms with Crippen molar-refractivity contribution < 1.29 is 0 Å². The second-order valence-corrected chi connectivity index (χ2v) is 5.19. The number of nitrogens with two attached hydrogens (primary N) is 1. The quantitative estimate of drug-likeness (QED) is 0.877. The van der Waals surface area contributed by atoms with Gasteiger partial charge in [-0.3, -0.25) is 0 Å². The van der Waals surface area contributed by atoms with Gasteiger partial charge in [0.15, 0.2) is 0 Å². The lowest BCUT2D eigenvalue weighted by molar-refractivity contribution is 0.322. The van der Waals surface area contributed by atoms with Crippen LogP contribution in [0, 0.1) is 5.92 Å². The van der Waals surface area contributed by atoms with Gasteiger partial charge in [0.25, 0.3) is 0 Å². The van der Waals surface area contributed by atoms with Crippen molar-refractivity contribution in [1.82, 2.24) is 5.32 Å². The standard InChI is InChI=1S/C12H16Cl2N2.ClH/c13-10-5-9(6-11(14)7-10)12(15)8-1-3-16-4-2-8;/h5-8,12,16H,1-4,15H2;1H/t12-;/m1./s1. The molecule has 1 heterocycles. The van der Waals surface area contributed by atoms with Gasteiger partial charge in [0.2, 0.25) is 0 Å². The summed E-state index contributed by atoms with van der Waals surface area (Å²) in [5.41, 5.74) is 7.31. The summed E-state index contributed by atoms with van der Waals surface area (Å²) in [5, 5.41) is 4.65. The van der Waals surface area contributed by atoms with E-state index in [4.69, 9.17) is 28.9 Å². The second-order valence-electron chi connectivity index (χ2n) is 4.32. The Balaban J connectivity index is 0.00000144. The largest absolute Gasteiger partial charge is 0.324 e. The Bertz CT molecular complexity index is 345. The van der Waals surface area contributed by atoms with Crippen LogP contribution in [0.15, 0.2) is 18.2 Å². The molecule has 0 bridgehead atoms. The van der Waals surface area contributed by atoms with E-state index in [9.17, 15) is 0 Å². The van der Waals surface area contributed by atoms with Crippen LogP contribution in [0.25, 0.3) is 0 Å². The summed E-state index contributed by atoms with van der Waals surface area (Å²) in [5.74, 6) is 0.524. The number of hydrogen-bond donors (Lipinski definition) is 2. The predicted octanol–water partition coefficient (Wildman–Crippen LogP) is 3.41. The molecule has 0 aromatic heterocycles. The maximum absolute atomic E-state index is 6.26. The lowest BCUT2D eigenvalue weighted by atomic mass is 9.87. The van der Waals surface area contributed by atoms with E-state index in [1.807, 2.05) is 12.1 Å². The van der Waals surface area contributed by atoms with E-state index < -0.39 is 0 Å². The lowest BCUT2D eigenvalue weighted by Gasteiger charge is -2.28. The van der Waals surface area contributed by atoms with Gasteiger partial charge in [-0.25, -0.2) is 0 Å². The molecule has 1 aromatic carbocycles. The van der Waals surface area contributed by atoms with Gasteiger partial charge >= 0.3 is 0 Å². The molecule has 0 spiro atoms. The fourth-order valence-electron chi connectivity index (χ4n) is 2.24. The Morgan fingerprint density at radius 1 is 1.12 bits per heavy atom. The molecule has 1 fully saturated rings. The summed E-state index contributed by atoms with van der Waals surface area (Å²) in [4.78, 5) is 0. The van der Waals surface area contributed by atoms with Gasteiger partial charge < -0.3 is 11.1 Å². The van der Waals surface area contributed by atoms with Crippen molar-refractivity contribution in [3.63, 3.8) is 0 Å². The number of piperidine rings is 1. The van der Waals surface area contributed by atoms with Gasteiger partial charge in [-0.05, 0) is 55.6 Å². The van der Waals surface area contributed by atoms with Gasteiger partial charge in [-0.1, -0.05) is 23.2 Å². The monoisotopic (exact) mass is 294 g/mol. The van der Waals surface area contributed by atoms with Gasteiger partial charge in [0.05, 0.1) is 0 Å². The molecule has 1 aliphatic heterocycles. The maximum Gasteiger partial charge on any atom is 0.0424 e. The van der Waals surface area contributed by atoms with Crippen molar-refractivity contribution in [1.29, 1.82) is 0 Å². The van der Waals surface area contributed by atoms with Crippen molar-refractivity contribution in [2.45, 2.75) is 18.9 Å². The van der Waals surface area contributed by atoms with Gasteiger partial charge in [-0.2, -0.15) is 0 Å². The zero-order valence-electron chi connectivity index (χ0n) is 9.46. The SMILES string of the molecule is Cl.N[C@@H](c1cc(Cl)cc(Cl)c1)C1CCNCC1. The van der Waals surface area contributed by atoms with Crippen LogP contribution in [-0.4, -0.2) is 13.1 Å². The van der Waals surface area contributed by atoms with Crippen LogP contribution in [0.4, 0.5) is 0 Å². The molecule has 0 amide bonds. The van der Waals surface area contributed by atoms with Crippen molar-refractivity contribution in [3.8, 4) is 0 Å². The number of nitrogens with one attached hydrogen (secondary N) is 1. The van der Waals surface area contributed by atoms with E-state index in [0.717, 1.165) is 31.5 Å². The zero-order valence-corrected chi connectivity index (χ0v) is 11.8. The molecule has 0 unspecified atom stereocenters. The van der Waals surface area contributed by atoms with E-state index in [2.05, 4.69) is 5.32 Å². The Hall–Kier alpha value is 0.01000. The number of rotatable bonds is 2. The highest BCUT2D eigenvalue weighted by atomic mass is 35.5. The minimum atomic E-state index is 0. The van der Waals surface area contributed by atoms with Crippen LogP contribution in [-0.2, 0) is 0 Å². The average molecular weight is 296 g/mol. The predicted molar refractivity (Wildman–Crippen MR) is 76.2 cm³/mol. The van der Waals surface area contributed by atoms with E-state index >= 15 is 0 Å². The van der Waals surface area contributed by atoms with Crippen LogP contribution in [0.3, 0.4) is 0 Å². The molecule has 0 radical (unpaired) electrons. The molecule has 5 heteroatoms. The molecule has 1 aromatic rings. The Labute approximate surface area is 118 Å². The van der Waals surface area contributed by atoms with E-state index in [-0.39, 0.29) is 18.4 Å². The third-order valence-corrected chi connectivity index (χ3v) is 3.60. The topological polar surface area (TPSA) is 38.0 Å². The van der Waals surface area contributed by atoms with Gasteiger partial charge in [-0.15, -0.1) is 12.4 Å². The normalized spacial score (nSPS) is 18.5. The van der Waals surface area contributed by atoms with Crippen LogP contribution < -0.4 is 11.1 Å². The third-order valence-electron chi connectivity index (χ3n) is 3.16. The smallest absolute Gasteiger partial charge is 0.0424 e. The molecule has 96 valence electrons. The van der Waals surface area contributed by atoms with Crippen molar-refractivity contribution in [2.75, 3.05) is 13.1 Å². The Morgan fingerprint density at radius 2 is 1.65 bits per heavy atom. The highest BCUT2D eigenvalue weighted by molar-refractivity contribution is 6.34. The molecule has 0 saturated carbocycles. The fraction of sp³-hybridized carbons (Fsp3) is 0.500. The molecule has 2 nitrogen and oxygen atoms in total. The highest BCUT2D eigenvalue weighted by Crippen LogP contribution is 2.30. The lowest BCUT2D eigenvalue weighted by Crippen LogP contribution is -2.33. The Morgan fingerprint density at radius 3 is 2.18 bits per heavy atom. The van der Waals surface area contributed by atoms with E-state index in [0.29, 0.717) is 16.0 Å². The first-order chi connectivity index (χ1) is 7.66. The first-order valence-electron chi connectivity index (χ1n) is 5.59. The first kappa shape index (κ1) is 15.1. The molecule has 0 aliphatic carbocycles. The average Bonchev–Trinajstić information content (AvgIpc) is 2.28. The van der Waals surface area contributed by atoms with Gasteiger partial charge in [0.1, 0.15) is 0 Å². The van der Waals surface area contributed by atoms with E-state index in [1.165, 1.54) is 0 Å². The minimum absolute atomic E-state index is 0. The molecule has 17 heavy (non-hydrogen) atoms. The molecular formula is C12H17Cl3N2. The molecular weight excluding hydrogens is 279 g/mol. The highest BCUT2D eigenvalue weighted by Gasteiger charge is 2.22. The second kappa shape index (κ2) is 6.81. The van der Waals surface area contributed by atoms with Crippen molar-refractivity contribution >= 4 is 35.6 Å². The summed E-state index contributed by atoms with van der Waals surface area (Å²) in [6.07, 6.45) is 2.23. The van der Waals surface area contributed by atoms with Crippen LogP contribution in [0.2, 0.25) is 10.0 Å². The summed E-state index contributed by atoms with van der Waals surface area (Å²) in [7, 11) is 0. The van der Waals surface area contributed by atoms with Crippen molar-refractivity contribution in [2.24, 2.45) is 11.7 Å². The van der Waals surface area contributed by atoms with E-state index in [1.54, 1.807) is 6.07 Å². The van der Waals surface area contributed by atoms with Crippen LogP contribution in [0.5, 0.6) is 0 Å². The van der Waals surface area contributed by atoms with Crippen LogP contribution in [0.1, 0.15) is 24.4 Å². The maximum atomic E-state index is 6.26. The van der Waals surface area contributed by atoms with Crippen LogP contribution >= 0.6 is 35.6 Å². The van der Waals surface area contributed by atoms with Crippen molar-refractivity contribution in [3.05, 3.63) is 33.8 Å². The summed E-state index contributed by atoms with van der Waals surface area (Å²) < 4.78 is 0. The molecule has 1 atom stereocenters. The zero-order chi connectivity index (χ0) is 11.5. The summed E-state index contributed by atoms with van der Waals surface area (Å²) >= 11 is 12.0. The minimum Gasteiger partial charge on any atom is -0.324 e. The summed E-state index contributed by atoms with van der Waals surface area (Å²) in [6.45, 7) is 2.10. The molecule has 3 N–H and O–H groups in total. The Kier molecular flexibility index (Phi) is 6.04. The number of halogens is 3.